The van der Waals surface area contributed by atoms with Crippen molar-refractivity contribution >= 4 is 5.91 Å². The van der Waals surface area contributed by atoms with Crippen LogP contribution in [0.15, 0.2) is 48.5 Å². The molecule has 6 nitrogen and oxygen atoms in total. The summed E-state index contributed by atoms with van der Waals surface area (Å²) in [6.45, 7) is 3.03. The first-order valence-electron chi connectivity index (χ1n) is 8.65. The maximum Gasteiger partial charge on any atom is 0.290 e. The summed E-state index contributed by atoms with van der Waals surface area (Å²) in [5.74, 6) is -0.122. The summed E-state index contributed by atoms with van der Waals surface area (Å²) in [7, 11) is 1.61. The number of nitrogens with zero attached hydrogens (tertiary/aromatic N) is 3. The lowest BCUT2D eigenvalue weighted by Crippen LogP contribution is -2.26. The predicted molar refractivity (Wildman–Crippen MR) is 100 cm³/mol. The van der Waals surface area contributed by atoms with E-state index in [0.29, 0.717) is 31.1 Å². The molecule has 0 saturated carbocycles. The summed E-state index contributed by atoms with van der Waals surface area (Å²) in [6, 6.07) is 13.6. The molecule has 3 rings (SSSR count). The van der Waals surface area contributed by atoms with Gasteiger partial charge in [-0.05, 0) is 37.6 Å². The first-order valence-corrected chi connectivity index (χ1v) is 8.65. The molecule has 0 aliphatic heterocycles. The van der Waals surface area contributed by atoms with Crippen molar-refractivity contribution in [3.8, 4) is 17.1 Å². The van der Waals surface area contributed by atoms with Crippen molar-refractivity contribution in [3.63, 3.8) is 0 Å². The number of nitrogens with one attached hydrogen (secondary N) is 1. The van der Waals surface area contributed by atoms with Gasteiger partial charge in [-0.25, -0.2) is 14.1 Å². The summed E-state index contributed by atoms with van der Waals surface area (Å²) in [5.41, 5.74) is 2.55. The third-order valence-electron chi connectivity index (χ3n) is 4.00. The van der Waals surface area contributed by atoms with Crippen LogP contribution in [0.3, 0.4) is 0 Å². The highest BCUT2D eigenvalue weighted by Crippen LogP contribution is 2.22. The second-order valence-corrected chi connectivity index (χ2v) is 6.12. The van der Waals surface area contributed by atoms with E-state index in [1.807, 2.05) is 31.2 Å². The van der Waals surface area contributed by atoms with Gasteiger partial charge < -0.3 is 10.1 Å². The van der Waals surface area contributed by atoms with Crippen LogP contribution in [-0.2, 0) is 4.74 Å². The first-order chi connectivity index (χ1) is 13.1. The third-order valence-corrected chi connectivity index (χ3v) is 4.00. The number of hydrogen-bond acceptors (Lipinski definition) is 4. The molecular formula is C20H21FN4O2. The minimum absolute atomic E-state index is 0.0623. The Morgan fingerprint density at radius 2 is 1.85 bits per heavy atom. The third kappa shape index (κ3) is 4.57. The van der Waals surface area contributed by atoms with Crippen LogP contribution in [-0.4, -0.2) is 40.9 Å². The topological polar surface area (TPSA) is 69.0 Å². The van der Waals surface area contributed by atoms with Crippen LogP contribution in [0, 0.1) is 12.7 Å². The lowest BCUT2D eigenvalue weighted by molar-refractivity contribution is 0.0938. The number of aromatic nitrogens is 3. The predicted octanol–water partition coefficient (Wildman–Crippen LogP) is 3.15. The Kier molecular flexibility index (Phi) is 5.93. The van der Waals surface area contributed by atoms with Gasteiger partial charge in [-0.3, -0.25) is 4.79 Å². The number of methoxy groups -OCH3 is 1. The van der Waals surface area contributed by atoms with Crippen molar-refractivity contribution in [2.45, 2.75) is 13.3 Å². The van der Waals surface area contributed by atoms with Crippen LogP contribution in [0.25, 0.3) is 17.1 Å². The molecule has 2 aromatic carbocycles. The van der Waals surface area contributed by atoms with Crippen molar-refractivity contribution < 1.29 is 13.9 Å². The standard InChI is InChI=1S/C20H21FN4O2/c1-14-4-6-15(7-5-14)19-23-18(20(26)22-12-3-13-27-2)24-25(19)17-10-8-16(21)9-11-17/h4-11H,3,12-13H2,1-2H3,(H,22,26). The molecule has 1 heterocycles. The number of carbonyl (C=O) groups is 1. The van der Waals surface area contributed by atoms with Crippen molar-refractivity contribution in [3.05, 3.63) is 65.7 Å². The van der Waals surface area contributed by atoms with E-state index in [1.54, 1.807) is 23.9 Å². The number of aryl methyl sites for hydroxylation is 1. The summed E-state index contributed by atoms with van der Waals surface area (Å²) >= 11 is 0. The van der Waals surface area contributed by atoms with Gasteiger partial charge in [0.1, 0.15) is 5.82 Å². The van der Waals surface area contributed by atoms with Gasteiger partial charge in [-0.2, -0.15) is 0 Å². The van der Waals surface area contributed by atoms with Crippen molar-refractivity contribution in [2.24, 2.45) is 0 Å². The second-order valence-electron chi connectivity index (χ2n) is 6.12. The van der Waals surface area contributed by atoms with E-state index in [9.17, 15) is 9.18 Å². The molecule has 0 radical (unpaired) electrons. The minimum atomic E-state index is -0.361. The molecule has 0 spiro atoms. The summed E-state index contributed by atoms with van der Waals surface area (Å²) < 4.78 is 19.8. The van der Waals surface area contributed by atoms with Gasteiger partial charge in [0.15, 0.2) is 5.82 Å². The molecule has 0 saturated heterocycles. The Hall–Kier alpha value is -3.06. The molecule has 1 amide bonds. The van der Waals surface area contributed by atoms with E-state index in [1.165, 1.54) is 12.1 Å². The zero-order valence-corrected chi connectivity index (χ0v) is 15.3. The Balaban J connectivity index is 1.94. The largest absolute Gasteiger partial charge is 0.385 e. The van der Waals surface area contributed by atoms with Crippen LogP contribution in [0.1, 0.15) is 22.6 Å². The number of ether oxygens (including phenoxy) is 1. The monoisotopic (exact) mass is 368 g/mol. The molecule has 0 aliphatic rings. The summed E-state index contributed by atoms with van der Waals surface area (Å²) in [4.78, 5) is 16.8. The fraction of sp³-hybridized carbons (Fsp3) is 0.250. The van der Waals surface area contributed by atoms with Crippen LogP contribution in [0.4, 0.5) is 4.39 Å². The molecule has 0 atom stereocenters. The minimum Gasteiger partial charge on any atom is -0.385 e. The number of rotatable bonds is 7. The van der Waals surface area contributed by atoms with Crippen molar-refractivity contribution in [1.82, 2.24) is 20.1 Å². The first kappa shape index (κ1) is 18.7. The van der Waals surface area contributed by atoms with Gasteiger partial charge in [0.05, 0.1) is 5.69 Å². The van der Waals surface area contributed by atoms with Crippen LogP contribution >= 0.6 is 0 Å². The number of benzene rings is 2. The van der Waals surface area contributed by atoms with Gasteiger partial charge in [0.25, 0.3) is 5.91 Å². The average molecular weight is 368 g/mol. The van der Waals surface area contributed by atoms with Gasteiger partial charge in [-0.15, -0.1) is 5.10 Å². The second kappa shape index (κ2) is 8.55. The van der Waals surface area contributed by atoms with Gasteiger partial charge >= 0.3 is 0 Å². The molecule has 27 heavy (non-hydrogen) atoms. The highest BCUT2D eigenvalue weighted by molar-refractivity contribution is 5.91. The molecule has 140 valence electrons. The van der Waals surface area contributed by atoms with Crippen molar-refractivity contribution in [2.75, 3.05) is 20.3 Å². The van der Waals surface area contributed by atoms with Crippen LogP contribution < -0.4 is 5.32 Å². The number of hydrogen-bond donors (Lipinski definition) is 1. The molecule has 1 N–H and O–H groups in total. The van der Waals surface area contributed by atoms with Gasteiger partial charge in [0, 0.05) is 25.8 Å². The summed E-state index contributed by atoms with van der Waals surface area (Å²) in [5, 5.41) is 7.13. The highest BCUT2D eigenvalue weighted by atomic mass is 19.1. The smallest absolute Gasteiger partial charge is 0.290 e. The quantitative estimate of drug-likeness (QED) is 0.651. The normalized spacial score (nSPS) is 10.8. The Morgan fingerprint density at radius 3 is 2.52 bits per heavy atom. The molecule has 0 unspecified atom stereocenters. The van der Waals surface area contributed by atoms with Gasteiger partial charge in [0.2, 0.25) is 5.82 Å². The Bertz CT molecular complexity index is 842. The number of carbonyl (C=O) groups excluding carboxylic acids is 1. The summed E-state index contributed by atoms with van der Waals surface area (Å²) in [6.07, 6.45) is 0.700. The van der Waals surface area contributed by atoms with E-state index in [-0.39, 0.29) is 17.5 Å². The fourth-order valence-corrected chi connectivity index (χ4v) is 2.56. The molecule has 3 aromatic rings. The van der Waals surface area contributed by atoms with E-state index in [2.05, 4.69) is 15.4 Å². The van der Waals surface area contributed by atoms with E-state index in [0.717, 1.165) is 11.1 Å². The lowest BCUT2D eigenvalue weighted by Gasteiger charge is -2.06. The fourth-order valence-electron chi connectivity index (χ4n) is 2.56. The lowest BCUT2D eigenvalue weighted by atomic mass is 10.1. The van der Waals surface area contributed by atoms with Crippen molar-refractivity contribution in [1.29, 1.82) is 0 Å². The molecule has 1 aromatic heterocycles. The maximum absolute atomic E-state index is 13.3. The zero-order valence-electron chi connectivity index (χ0n) is 15.3. The van der Waals surface area contributed by atoms with Crippen LogP contribution in [0.2, 0.25) is 0 Å². The van der Waals surface area contributed by atoms with E-state index in [4.69, 9.17) is 4.74 Å². The SMILES string of the molecule is COCCCNC(=O)c1nc(-c2ccc(C)cc2)n(-c2ccc(F)cc2)n1. The Morgan fingerprint density at radius 1 is 1.15 bits per heavy atom. The molecular weight excluding hydrogens is 347 g/mol. The maximum atomic E-state index is 13.3. The van der Waals surface area contributed by atoms with Crippen LogP contribution in [0.5, 0.6) is 0 Å². The van der Waals surface area contributed by atoms with Gasteiger partial charge in [-0.1, -0.05) is 29.8 Å². The number of halogens is 1. The Labute approximate surface area is 157 Å². The van der Waals surface area contributed by atoms with E-state index >= 15 is 0 Å². The number of amides is 1. The zero-order chi connectivity index (χ0) is 19.2. The highest BCUT2D eigenvalue weighted by Gasteiger charge is 2.18. The van der Waals surface area contributed by atoms with E-state index < -0.39 is 0 Å². The molecule has 0 aliphatic carbocycles. The molecule has 0 fully saturated rings. The average Bonchev–Trinajstić information content (AvgIpc) is 3.12. The molecule has 0 bridgehead atoms. The molecule has 7 heteroatoms.